The van der Waals surface area contributed by atoms with Crippen molar-refractivity contribution in [3.63, 3.8) is 0 Å². The van der Waals surface area contributed by atoms with Gasteiger partial charge in [-0.3, -0.25) is 9.69 Å². The van der Waals surface area contributed by atoms with Crippen molar-refractivity contribution in [1.82, 2.24) is 15.5 Å². The van der Waals surface area contributed by atoms with Gasteiger partial charge in [-0.25, -0.2) is 0 Å². The van der Waals surface area contributed by atoms with E-state index in [0.717, 1.165) is 32.5 Å². The lowest BCUT2D eigenvalue weighted by atomic mass is 9.96. The zero-order chi connectivity index (χ0) is 14.5. The first-order valence-corrected chi connectivity index (χ1v) is 6.56. The van der Waals surface area contributed by atoms with Crippen LogP contribution in [0.2, 0.25) is 0 Å². The number of likely N-dealkylation sites (tertiary alicyclic amines) is 1. The molecule has 0 saturated carbocycles. The fourth-order valence-electron chi connectivity index (χ4n) is 2.41. The van der Waals surface area contributed by atoms with E-state index >= 15 is 0 Å². The summed E-state index contributed by atoms with van der Waals surface area (Å²) in [5.74, 6) is -0.0981. The zero-order valence-corrected chi connectivity index (χ0v) is 11.4. The molecule has 19 heavy (non-hydrogen) atoms. The van der Waals surface area contributed by atoms with E-state index in [-0.39, 0.29) is 0 Å². The highest BCUT2D eigenvalue weighted by Crippen LogP contribution is 2.18. The molecule has 2 unspecified atom stereocenters. The van der Waals surface area contributed by atoms with E-state index in [1.165, 1.54) is 0 Å². The highest BCUT2D eigenvalue weighted by molar-refractivity contribution is 5.81. The molecule has 1 rings (SSSR count). The topological polar surface area (TPSA) is 44.4 Å². The van der Waals surface area contributed by atoms with Gasteiger partial charge in [-0.05, 0) is 45.8 Å². The smallest absolute Gasteiger partial charge is 0.346 e. The molecule has 1 heterocycles. The lowest BCUT2D eigenvalue weighted by Gasteiger charge is -2.36. The molecule has 1 aliphatic heterocycles. The normalized spacial score (nSPS) is 23.1. The molecule has 1 fully saturated rings. The molecule has 112 valence electrons. The summed E-state index contributed by atoms with van der Waals surface area (Å²) in [6, 6.07) is -0.512. The van der Waals surface area contributed by atoms with Gasteiger partial charge in [0.15, 0.2) is 0 Å². The number of nitrogens with zero attached hydrogens (tertiary/aromatic N) is 1. The molecular formula is C12H22F3N3O. The second kappa shape index (κ2) is 7.09. The minimum Gasteiger partial charge on any atom is -0.346 e. The van der Waals surface area contributed by atoms with Crippen molar-refractivity contribution >= 4 is 5.91 Å². The van der Waals surface area contributed by atoms with E-state index in [4.69, 9.17) is 0 Å². The van der Waals surface area contributed by atoms with E-state index in [0.29, 0.717) is 5.92 Å². The quantitative estimate of drug-likeness (QED) is 0.790. The van der Waals surface area contributed by atoms with Gasteiger partial charge in [0, 0.05) is 6.54 Å². The SMILES string of the molecule is CNCC1CCCN(C(C)C(=O)NCC(F)(F)F)C1. The monoisotopic (exact) mass is 281 g/mol. The van der Waals surface area contributed by atoms with E-state index in [1.807, 2.05) is 17.3 Å². The molecule has 0 aliphatic carbocycles. The summed E-state index contributed by atoms with van der Waals surface area (Å²) in [5, 5.41) is 5.04. The Morgan fingerprint density at radius 3 is 2.74 bits per heavy atom. The summed E-state index contributed by atoms with van der Waals surface area (Å²) in [5.41, 5.74) is 0. The maximum absolute atomic E-state index is 12.0. The summed E-state index contributed by atoms with van der Waals surface area (Å²) >= 11 is 0. The molecular weight excluding hydrogens is 259 g/mol. The Labute approximate surface area is 111 Å². The Hall–Kier alpha value is -0.820. The number of carbonyl (C=O) groups excluding carboxylic acids is 1. The average molecular weight is 281 g/mol. The average Bonchev–Trinajstić information content (AvgIpc) is 2.35. The van der Waals surface area contributed by atoms with Crippen molar-refractivity contribution in [1.29, 1.82) is 0 Å². The number of alkyl halides is 3. The molecule has 2 N–H and O–H groups in total. The molecule has 0 radical (unpaired) electrons. The van der Waals surface area contributed by atoms with Gasteiger partial charge in [-0.2, -0.15) is 13.2 Å². The fraction of sp³-hybridized carbons (Fsp3) is 0.917. The van der Waals surface area contributed by atoms with Gasteiger partial charge >= 0.3 is 6.18 Å². The first-order valence-electron chi connectivity index (χ1n) is 6.56. The van der Waals surface area contributed by atoms with Gasteiger partial charge in [-0.15, -0.1) is 0 Å². The molecule has 0 aromatic heterocycles. The van der Waals surface area contributed by atoms with Gasteiger partial charge < -0.3 is 10.6 Å². The van der Waals surface area contributed by atoms with Crippen LogP contribution in [0.5, 0.6) is 0 Å². The van der Waals surface area contributed by atoms with Crippen molar-refractivity contribution in [2.24, 2.45) is 5.92 Å². The van der Waals surface area contributed by atoms with Crippen LogP contribution in [0.3, 0.4) is 0 Å². The summed E-state index contributed by atoms with van der Waals surface area (Å²) in [6.07, 6.45) is -2.29. The van der Waals surface area contributed by atoms with Crippen LogP contribution >= 0.6 is 0 Å². The molecule has 2 atom stereocenters. The second-order valence-electron chi connectivity index (χ2n) is 5.07. The van der Waals surface area contributed by atoms with Gasteiger partial charge in [-0.1, -0.05) is 0 Å². The fourth-order valence-corrected chi connectivity index (χ4v) is 2.41. The van der Waals surface area contributed by atoms with Crippen LogP contribution in [0.1, 0.15) is 19.8 Å². The Morgan fingerprint density at radius 2 is 2.16 bits per heavy atom. The van der Waals surface area contributed by atoms with E-state index in [1.54, 1.807) is 6.92 Å². The van der Waals surface area contributed by atoms with Gasteiger partial charge in [0.25, 0.3) is 0 Å². The molecule has 7 heteroatoms. The third kappa shape index (κ3) is 5.78. The lowest BCUT2D eigenvalue weighted by Crippen LogP contribution is -2.51. The molecule has 1 saturated heterocycles. The maximum atomic E-state index is 12.0. The Balaban J connectivity index is 2.42. The predicted molar refractivity (Wildman–Crippen MR) is 66.8 cm³/mol. The van der Waals surface area contributed by atoms with Crippen LogP contribution in [0.4, 0.5) is 13.2 Å². The van der Waals surface area contributed by atoms with E-state index < -0.39 is 24.7 Å². The van der Waals surface area contributed by atoms with Gasteiger partial charge in [0.1, 0.15) is 6.54 Å². The van der Waals surface area contributed by atoms with E-state index in [2.05, 4.69) is 5.32 Å². The Morgan fingerprint density at radius 1 is 1.47 bits per heavy atom. The number of halogens is 3. The number of hydrogen-bond acceptors (Lipinski definition) is 3. The summed E-state index contributed by atoms with van der Waals surface area (Å²) in [7, 11) is 1.87. The first-order chi connectivity index (χ1) is 8.83. The Bertz CT molecular complexity index is 294. The van der Waals surface area contributed by atoms with Crippen LogP contribution < -0.4 is 10.6 Å². The highest BCUT2D eigenvalue weighted by Gasteiger charge is 2.31. The lowest BCUT2D eigenvalue weighted by molar-refractivity contribution is -0.141. The van der Waals surface area contributed by atoms with Crippen molar-refractivity contribution < 1.29 is 18.0 Å². The summed E-state index contributed by atoms with van der Waals surface area (Å²) in [4.78, 5) is 13.6. The van der Waals surface area contributed by atoms with Crippen LogP contribution in [-0.2, 0) is 4.79 Å². The molecule has 0 aromatic rings. The largest absolute Gasteiger partial charge is 0.405 e. The van der Waals surface area contributed by atoms with Crippen LogP contribution in [0.15, 0.2) is 0 Å². The number of nitrogens with one attached hydrogen (secondary N) is 2. The van der Waals surface area contributed by atoms with Crippen LogP contribution in [0, 0.1) is 5.92 Å². The maximum Gasteiger partial charge on any atom is 0.405 e. The number of hydrogen-bond donors (Lipinski definition) is 2. The molecule has 1 aliphatic rings. The van der Waals surface area contributed by atoms with Gasteiger partial charge in [0.05, 0.1) is 6.04 Å². The Kier molecular flexibility index (Phi) is 6.06. The first kappa shape index (κ1) is 16.2. The molecule has 1 amide bonds. The minimum atomic E-state index is -4.36. The number of amides is 1. The number of piperidine rings is 1. The summed E-state index contributed by atoms with van der Waals surface area (Å²) < 4.78 is 36.1. The third-order valence-electron chi connectivity index (χ3n) is 3.43. The minimum absolute atomic E-state index is 0.455. The number of rotatable bonds is 5. The van der Waals surface area contributed by atoms with Crippen LogP contribution in [-0.4, -0.2) is 56.3 Å². The molecule has 0 spiro atoms. The highest BCUT2D eigenvalue weighted by atomic mass is 19.4. The molecule has 4 nitrogen and oxygen atoms in total. The number of carbonyl (C=O) groups is 1. The van der Waals surface area contributed by atoms with Gasteiger partial charge in [0.2, 0.25) is 5.91 Å². The van der Waals surface area contributed by atoms with Crippen molar-refractivity contribution in [2.45, 2.75) is 32.0 Å². The zero-order valence-electron chi connectivity index (χ0n) is 11.4. The predicted octanol–water partition coefficient (Wildman–Crippen LogP) is 0.985. The van der Waals surface area contributed by atoms with Crippen LogP contribution in [0.25, 0.3) is 0 Å². The third-order valence-corrected chi connectivity index (χ3v) is 3.43. The van der Waals surface area contributed by atoms with E-state index in [9.17, 15) is 18.0 Å². The van der Waals surface area contributed by atoms with Crippen molar-refractivity contribution in [3.8, 4) is 0 Å². The summed E-state index contributed by atoms with van der Waals surface area (Å²) in [6.45, 7) is 2.78. The van der Waals surface area contributed by atoms with Crippen molar-refractivity contribution in [2.75, 3.05) is 33.2 Å². The standard InChI is InChI=1S/C12H22F3N3O/c1-9(11(19)17-8-12(13,14)15)18-5-3-4-10(7-18)6-16-2/h9-10,16H,3-8H2,1-2H3,(H,17,19). The second-order valence-corrected chi connectivity index (χ2v) is 5.07. The molecule has 0 aromatic carbocycles. The van der Waals surface area contributed by atoms with Crippen molar-refractivity contribution in [3.05, 3.63) is 0 Å². The molecule has 0 bridgehead atoms.